The molecule has 0 radical (unpaired) electrons. The zero-order chi connectivity index (χ0) is 19.6. The van der Waals surface area contributed by atoms with E-state index in [4.69, 9.17) is 21.1 Å². The largest absolute Gasteiger partial charge is 0.376 e. The molecule has 1 saturated carbocycles. The van der Waals surface area contributed by atoms with Crippen LogP contribution in [-0.4, -0.2) is 54.3 Å². The van der Waals surface area contributed by atoms with Crippen molar-refractivity contribution in [3.05, 3.63) is 34.9 Å². The van der Waals surface area contributed by atoms with Gasteiger partial charge in [-0.2, -0.15) is 0 Å². The maximum absolute atomic E-state index is 13.4. The van der Waals surface area contributed by atoms with Gasteiger partial charge in [0.25, 0.3) is 5.91 Å². The van der Waals surface area contributed by atoms with Crippen LogP contribution in [0.3, 0.4) is 0 Å². The van der Waals surface area contributed by atoms with Gasteiger partial charge in [0.2, 0.25) is 5.91 Å². The zero-order valence-electron chi connectivity index (χ0n) is 16.0. The Morgan fingerprint density at radius 2 is 2.04 bits per heavy atom. The third-order valence-corrected chi connectivity index (χ3v) is 6.25. The summed E-state index contributed by atoms with van der Waals surface area (Å²) in [5, 5.41) is 3.48. The summed E-state index contributed by atoms with van der Waals surface area (Å²) in [6, 6.07) is 6.25. The molecule has 0 aromatic heterocycles. The van der Waals surface area contributed by atoms with Gasteiger partial charge in [0.05, 0.1) is 12.7 Å². The maximum Gasteiger partial charge on any atom is 0.256 e. The van der Waals surface area contributed by atoms with Crippen molar-refractivity contribution in [3.63, 3.8) is 0 Å². The lowest BCUT2D eigenvalue weighted by Crippen LogP contribution is -2.56. The van der Waals surface area contributed by atoms with Crippen LogP contribution in [0, 0.1) is 0 Å². The van der Waals surface area contributed by atoms with E-state index in [2.05, 4.69) is 5.32 Å². The second kappa shape index (κ2) is 8.39. The van der Waals surface area contributed by atoms with Crippen LogP contribution in [0.5, 0.6) is 0 Å². The number of carbonyl (C=O) groups is 2. The summed E-state index contributed by atoms with van der Waals surface area (Å²) in [6.45, 7) is 1.45. The number of hydrogen-bond donors (Lipinski definition) is 1. The van der Waals surface area contributed by atoms with Gasteiger partial charge in [-0.1, -0.05) is 24.1 Å². The van der Waals surface area contributed by atoms with Crippen LogP contribution in [0.15, 0.2) is 24.3 Å². The molecule has 0 unspecified atom stereocenters. The highest BCUT2D eigenvalue weighted by molar-refractivity contribution is 6.31. The Hall–Kier alpha value is -1.63. The molecule has 2 aliphatic heterocycles. The van der Waals surface area contributed by atoms with Gasteiger partial charge in [0.15, 0.2) is 0 Å². The topological polar surface area (TPSA) is 67.9 Å². The fraction of sp³-hybridized carbons (Fsp3) is 0.619. The molecule has 3 fully saturated rings. The Morgan fingerprint density at radius 1 is 1.21 bits per heavy atom. The number of nitrogens with zero attached hydrogens (tertiary/aromatic N) is 1. The van der Waals surface area contributed by atoms with Gasteiger partial charge in [-0.15, -0.1) is 0 Å². The fourth-order valence-corrected chi connectivity index (χ4v) is 4.76. The Kier molecular flexibility index (Phi) is 5.90. The van der Waals surface area contributed by atoms with E-state index in [-0.39, 0.29) is 24.5 Å². The molecule has 1 aromatic rings. The number of benzene rings is 1. The van der Waals surface area contributed by atoms with Crippen molar-refractivity contribution in [2.45, 2.75) is 62.8 Å². The predicted molar refractivity (Wildman–Crippen MR) is 105 cm³/mol. The maximum atomic E-state index is 13.4. The minimum atomic E-state index is -0.691. The van der Waals surface area contributed by atoms with E-state index in [1.165, 1.54) is 0 Å². The van der Waals surface area contributed by atoms with Crippen LogP contribution in [0.1, 0.15) is 55.3 Å². The molecule has 4 rings (SSSR count). The van der Waals surface area contributed by atoms with Crippen molar-refractivity contribution in [3.8, 4) is 0 Å². The van der Waals surface area contributed by atoms with Gasteiger partial charge in [0.1, 0.15) is 11.8 Å². The van der Waals surface area contributed by atoms with Crippen LogP contribution >= 0.6 is 11.6 Å². The van der Waals surface area contributed by atoms with E-state index in [0.29, 0.717) is 17.1 Å². The molecule has 0 bridgehead atoms. The summed E-state index contributed by atoms with van der Waals surface area (Å²) in [6.07, 6.45) is 6.66. The first-order chi connectivity index (χ1) is 13.6. The Bertz CT molecular complexity index is 729. The number of rotatable bonds is 4. The molecule has 28 heavy (non-hydrogen) atoms. The first-order valence-corrected chi connectivity index (χ1v) is 10.6. The Balaban J connectivity index is 1.55. The van der Waals surface area contributed by atoms with Gasteiger partial charge >= 0.3 is 0 Å². The molecule has 2 heterocycles. The zero-order valence-corrected chi connectivity index (χ0v) is 16.7. The van der Waals surface area contributed by atoms with Crippen molar-refractivity contribution >= 4 is 23.4 Å². The normalized spacial score (nSPS) is 26.5. The summed E-state index contributed by atoms with van der Waals surface area (Å²) in [4.78, 5) is 28.1. The fourth-order valence-electron chi connectivity index (χ4n) is 4.57. The number of nitrogens with one attached hydrogen (secondary N) is 1. The molecule has 2 saturated heterocycles. The molecule has 6 nitrogen and oxygen atoms in total. The lowest BCUT2D eigenvalue weighted by molar-refractivity contribution is -0.127. The molecule has 2 amide bonds. The highest BCUT2D eigenvalue weighted by atomic mass is 35.5. The summed E-state index contributed by atoms with van der Waals surface area (Å²) < 4.78 is 11.7. The molecule has 3 aliphatic rings. The number of halogens is 1. The van der Waals surface area contributed by atoms with Gasteiger partial charge in [-0.25, -0.2) is 0 Å². The van der Waals surface area contributed by atoms with Gasteiger partial charge in [0, 0.05) is 23.7 Å². The SMILES string of the molecule is O=C(NC[C@@H]1CCCO1)[C@H]1COC2(CCCCC2)N1C(=O)c1cccc(Cl)c1. The van der Waals surface area contributed by atoms with Crippen LogP contribution in [0.25, 0.3) is 0 Å². The number of carbonyl (C=O) groups excluding carboxylic acids is 2. The van der Waals surface area contributed by atoms with E-state index >= 15 is 0 Å². The van der Waals surface area contributed by atoms with Crippen LogP contribution in [0.2, 0.25) is 5.02 Å². The molecule has 7 heteroatoms. The lowest BCUT2D eigenvalue weighted by atomic mass is 9.89. The summed E-state index contributed by atoms with van der Waals surface area (Å²) in [5.74, 6) is -0.368. The first kappa shape index (κ1) is 19.7. The Labute approximate surface area is 170 Å². The third-order valence-electron chi connectivity index (χ3n) is 6.02. The third kappa shape index (κ3) is 3.91. The standard InChI is InChI=1S/C21H27ClN2O4/c22-16-7-4-6-15(12-16)20(26)24-18(14-28-21(24)9-2-1-3-10-21)19(25)23-13-17-8-5-11-27-17/h4,6-7,12,17-18H,1-3,5,8-11,13-14H2,(H,23,25)/t17-,18+/m0/s1. The van der Waals surface area contributed by atoms with Gasteiger partial charge < -0.3 is 14.8 Å². The lowest BCUT2D eigenvalue weighted by Gasteiger charge is -2.41. The minimum absolute atomic E-state index is 0.0620. The molecule has 1 aliphatic carbocycles. The summed E-state index contributed by atoms with van der Waals surface area (Å²) >= 11 is 6.10. The molecule has 1 spiro atoms. The summed E-state index contributed by atoms with van der Waals surface area (Å²) in [5.41, 5.74) is -0.205. The Morgan fingerprint density at radius 3 is 2.75 bits per heavy atom. The van der Waals surface area contributed by atoms with E-state index in [9.17, 15) is 9.59 Å². The van der Waals surface area contributed by atoms with Crippen molar-refractivity contribution in [2.24, 2.45) is 0 Å². The van der Waals surface area contributed by atoms with Crippen molar-refractivity contribution in [1.29, 1.82) is 0 Å². The molecule has 152 valence electrons. The highest BCUT2D eigenvalue weighted by Gasteiger charge is 2.53. The first-order valence-electron chi connectivity index (χ1n) is 10.2. The van der Waals surface area contributed by atoms with E-state index < -0.39 is 11.8 Å². The summed E-state index contributed by atoms with van der Waals surface area (Å²) in [7, 11) is 0. The smallest absolute Gasteiger partial charge is 0.256 e. The average molecular weight is 407 g/mol. The van der Waals surface area contributed by atoms with Gasteiger partial charge in [-0.3, -0.25) is 14.5 Å². The number of amides is 2. The van der Waals surface area contributed by atoms with E-state index in [1.807, 2.05) is 0 Å². The highest BCUT2D eigenvalue weighted by Crippen LogP contribution is 2.41. The monoisotopic (exact) mass is 406 g/mol. The minimum Gasteiger partial charge on any atom is -0.376 e. The van der Waals surface area contributed by atoms with Crippen LogP contribution in [-0.2, 0) is 14.3 Å². The molecule has 1 N–H and O–H groups in total. The van der Waals surface area contributed by atoms with Crippen molar-refractivity contribution < 1.29 is 19.1 Å². The number of ether oxygens (including phenoxy) is 2. The second-order valence-corrected chi connectivity index (χ2v) is 8.34. The van der Waals surface area contributed by atoms with Gasteiger partial charge in [-0.05, 0) is 56.7 Å². The number of hydrogen-bond acceptors (Lipinski definition) is 4. The molecular weight excluding hydrogens is 380 g/mol. The quantitative estimate of drug-likeness (QED) is 0.834. The molecule has 1 aromatic carbocycles. The van der Waals surface area contributed by atoms with Crippen molar-refractivity contribution in [1.82, 2.24) is 10.2 Å². The predicted octanol–water partition coefficient (Wildman–Crippen LogP) is 3.14. The van der Waals surface area contributed by atoms with Crippen molar-refractivity contribution in [2.75, 3.05) is 19.8 Å². The molecular formula is C21H27ClN2O4. The van der Waals surface area contributed by atoms with E-state index in [0.717, 1.165) is 51.6 Å². The molecule has 2 atom stereocenters. The average Bonchev–Trinajstić information content (AvgIpc) is 3.35. The van der Waals surface area contributed by atoms with E-state index in [1.54, 1.807) is 29.2 Å². The van der Waals surface area contributed by atoms with Crippen LogP contribution < -0.4 is 5.32 Å². The second-order valence-electron chi connectivity index (χ2n) is 7.90. The van der Waals surface area contributed by atoms with Crippen LogP contribution in [0.4, 0.5) is 0 Å².